The molecule has 0 radical (unpaired) electrons. The maximum atomic E-state index is 12.5. The minimum absolute atomic E-state index is 0. The van der Waals surface area contributed by atoms with E-state index < -0.39 is 11.9 Å². The van der Waals surface area contributed by atoms with Crippen molar-refractivity contribution in [3.63, 3.8) is 0 Å². The minimum Gasteiger partial charge on any atom is -0.492 e. The monoisotopic (exact) mass is 514 g/mol. The summed E-state index contributed by atoms with van der Waals surface area (Å²) >= 11 is 0.956. The Morgan fingerprint density at radius 3 is 2.41 bits per heavy atom. The van der Waals surface area contributed by atoms with Crippen LogP contribution < -0.4 is 15.4 Å². The summed E-state index contributed by atoms with van der Waals surface area (Å²) in [6.07, 6.45) is -4.42. The van der Waals surface area contributed by atoms with Gasteiger partial charge in [-0.2, -0.15) is 13.2 Å². The molecule has 2 rings (SSSR count). The first-order chi connectivity index (χ1) is 12.3. The molecular weight excluding hydrogens is 492 g/mol. The van der Waals surface area contributed by atoms with Gasteiger partial charge in [-0.25, -0.2) is 4.98 Å². The molecular formula is C17H22F3IN4OS. The highest BCUT2D eigenvalue weighted by Gasteiger charge is 2.33. The summed E-state index contributed by atoms with van der Waals surface area (Å²) in [4.78, 5) is 7.59. The zero-order valence-corrected chi connectivity index (χ0v) is 18.3. The maximum absolute atomic E-state index is 12.5. The fourth-order valence-electron chi connectivity index (χ4n) is 2.26. The maximum Gasteiger partial charge on any atom is 0.434 e. The summed E-state index contributed by atoms with van der Waals surface area (Å²) in [5.74, 6) is 1.27. The van der Waals surface area contributed by atoms with E-state index >= 15 is 0 Å². The number of benzene rings is 1. The molecule has 0 amide bonds. The summed E-state index contributed by atoms with van der Waals surface area (Å²) in [5.41, 5.74) is 1.39. The highest BCUT2D eigenvalue weighted by molar-refractivity contribution is 14.0. The number of nitrogens with zero attached hydrogens (tertiary/aromatic N) is 2. The Bertz CT molecular complexity index is 745. The lowest BCUT2D eigenvalue weighted by atomic mass is 10.1. The largest absolute Gasteiger partial charge is 0.492 e. The molecule has 150 valence electrons. The fourth-order valence-corrected chi connectivity index (χ4v) is 3.00. The lowest BCUT2D eigenvalue weighted by Gasteiger charge is -2.12. The van der Waals surface area contributed by atoms with Crippen molar-refractivity contribution in [3.05, 3.63) is 45.4 Å². The van der Waals surface area contributed by atoms with Gasteiger partial charge in [0.05, 0.1) is 13.1 Å². The van der Waals surface area contributed by atoms with Gasteiger partial charge in [0.1, 0.15) is 17.4 Å². The van der Waals surface area contributed by atoms with Gasteiger partial charge >= 0.3 is 6.18 Å². The van der Waals surface area contributed by atoms with Crippen LogP contribution in [0.2, 0.25) is 0 Å². The van der Waals surface area contributed by atoms with Crippen LogP contribution in [-0.2, 0) is 12.7 Å². The molecule has 1 heterocycles. The van der Waals surface area contributed by atoms with Gasteiger partial charge in [-0.15, -0.1) is 35.3 Å². The van der Waals surface area contributed by atoms with Gasteiger partial charge in [-0.05, 0) is 37.1 Å². The van der Waals surface area contributed by atoms with E-state index in [1.807, 2.05) is 26.0 Å². The zero-order valence-electron chi connectivity index (χ0n) is 15.2. The van der Waals surface area contributed by atoms with Crippen molar-refractivity contribution in [1.29, 1.82) is 0 Å². The number of rotatable bonds is 6. The first-order valence-corrected chi connectivity index (χ1v) is 8.83. The first-order valence-electron chi connectivity index (χ1n) is 7.95. The topological polar surface area (TPSA) is 58.5 Å². The van der Waals surface area contributed by atoms with Gasteiger partial charge in [0, 0.05) is 12.4 Å². The molecule has 0 aliphatic heterocycles. The van der Waals surface area contributed by atoms with E-state index in [2.05, 4.69) is 26.7 Å². The van der Waals surface area contributed by atoms with Gasteiger partial charge in [0.25, 0.3) is 0 Å². The van der Waals surface area contributed by atoms with Crippen molar-refractivity contribution in [2.24, 2.45) is 4.99 Å². The average Bonchev–Trinajstić information content (AvgIpc) is 3.02. The zero-order chi connectivity index (χ0) is 19.2. The molecule has 2 aromatic rings. The molecule has 0 saturated heterocycles. The molecule has 1 aromatic heterocycles. The number of hydrogen-bond acceptors (Lipinski definition) is 4. The number of aliphatic imine (C=N–C) groups is 1. The molecule has 10 heteroatoms. The van der Waals surface area contributed by atoms with E-state index in [-0.39, 0.29) is 30.5 Å². The molecule has 0 fully saturated rings. The molecule has 1 aromatic carbocycles. The number of guanidine groups is 1. The number of ether oxygens (including phenoxy) is 1. The number of alkyl halides is 3. The van der Waals surface area contributed by atoms with Crippen molar-refractivity contribution in [2.75, 3.05) is 20.2 Å². The molecule has 0 atom stereocenters. The van der Waals surface area contributed by atoms with Crippen molar-refractivity contribution >= 4 is 41.3 Å². The van der Waals surface area contributed by atoms with Crippen LogP contribution in [0.4, 0.5) is 13.2 Å². The lowest BCUT2D eigenvalue weighted by Crippen LogP contribution is -2.38. The van der Waals surface area contributed by atoms with Crippen LogP contribution in [0.1, 0.15) is 21.8 Å². The second-order valence-corrected chi connectivity index (χ2v) is 6.59. The van der Waals surface area contributed by atoms with Crippen molar-refractivity contribution in [2.45, 2.75) is 26.6 Å². The molecule has 5 nitrogen and oxygen atoms in total. The fraction of sp³-hybridized carbons (Fsp3) is 0.412. The number of hydrogen-bond donors (Lipinski definition) is 2. The summed E-state index contributed by atoms with van der Waals surface area (Å²) in [6, 6.07) is 5.99. The van der Waals surface area contributed by atoms with Gasteiger partial charge in [-0.3, -0.25) is 4.99 Å². The minimum atomic E-state index is -4.42. The van der Waals surface area contributed by atoms with Crippen molar-refractivity contribution in [3.8, 4) is 5.75 Å². The van der Waals surface area contributed by atoms with Gasteiger partial charge in [-0.1, -0.05) is 6.07 Å². The van der Waals surface area contributed by atoms with E-state index in [1.54, 1.807) is 7.05 Å². The highest BCUT2D eigenvalue weighted by atomic mass is 127. The number of aromatic nitrogens is 1. The Morgan fingerprint density at radius 2 is 1.85 bits per heavy atom. The first kappa shape index (κ1) is 23.5. The van der Waals surface area contributed by atoms with E-state index in [0.717, 1.165) is 33.6 Å². The Balaban J connectivity index is 0.00000364. The van der Waals surface area contributed by atoms with Crippen LogP contribution in [0.25, 0.3) is 0 Å². The van der Waals surface area contributed by atoms with E-state index in [1.165, 1.54) is 0 Å². The molecule has 0 aliphatic rings. The Kier molecular flexibility index (Phi) is 9.30. The third-order valence-corrected chi connectivity index (χ3v) is 4.18. The van der Waals surface area contributed by atoms with E-state index in [9.17, 15) is 13.2 Å². The van der Waals surface area contributed by atoms with Crippen LogP contribution in [0.15, 0.2) is 28.6 Å². The van der Waals surface area contributed by atoms with Crippen LogP contribution in [0.3, 0.4) is 0 Å². The van der Waals surface area contributed by atoms with Gasteiger partial charge in [0.15, 0.2) is 11.7 Å². The van der Waals surface area contributed by atoms with E-state index in [4.69, 9.17) is 4.74 Å². The third kappa shape index (κ3) is 7.91. The number of halogens is 4. The average molecular weight is 514 g/mol. The standard InChI is InChI=1S/C17H21F3N4OS.HI/c1-11-6-12(2)8-13(7-11)25-5-4-22-16(21-3)23-9-15-24-14(10-26-15)17(18,19)20;/h6-8,10H,4-5,9H2,1-3H3,(H2,21,22,23);1H. The second kappa shape index (κ2) is 10.7. The summed E-state index contributed by atoms with van der Waals surface area (Å²) in [7, 11) is 1.59. The SMILES string of the molecule is CN=C(NCCOc1cc(C)cc(C)c1)NCc1nc(C(F)(F)F)cs1.I. The quantitative estimate of drug-likeness (QED) is 0.264. The molecule has 27 heavy (non-hydrogen) atoms. The number of nitrogens with one attached hydrogen (secondary N) is 2. The molecule has 0 aliphatic carbocycles. The van der Waals surface area contributed by atoms with Crippen molar-refractivity contribution < 1.29 is 17.9 Å². The predicted molar refractivity (Wildman–Crippen MR) is 112 cm³/mol. The summed E-state index contributed by atoms with van der Waals surface area (Å²) < 4.78 is 43.3. The summed E-state index contributed by atoms with van der Waals surface area (Å²) in [5, 5.41) is 7.32. The smallest absolute Gasteiger partial charge is 0.434 e. The Labute approximate surface area is 177 Å². The van der Waals surface area contributed by atoms with Gasteiger partial charge in [0.2, 0.25) is 0 Å². The van der Waals surface area contributed by atoms with Crippen LogP contribution >= 0.6 is 35.3 Å². The number of thiazole rings is 1. The Hall–Kier alpha value is -1.56. The van der Waals surface area contributed by atoms with E-state index in [0.29, 0.717) is 24.1 Å². The molecule has 2 N–H and O–H groups in total. The highest BCUT2D eigenvalue weighted by Crippen LogP contribution is 2.29. The predicted octanol–water partition coefficient (Wildman–Crippen LogP) is 4.14. The van der Waals surface area contributed by atoms with Crippen molar-refractivity contribution in [1.82, 2.24) is 15.6 Å². The number of aryl methyl sites for hydroxylation is 2. The van der Waals surface area contributed by atoms with Crippen LogP contribution in [0.5, 0.6) is 5.75 Å². The second-order valence-electron chi connectivity index (χ2n) is 5.65. The normalized spacial score (nSPS) is 11.7. The molecule has 0 bridgehead atoms. The Morgan fingerprint density at radius 1 is 1.19 bits per heavy atom. The summed E-state index contributed by atoms with van der Waals surface area (Å²) in [6.45, 7) is 5.11. The molecule has 0 spiro atoms. The lowest BCUT2D eigenvalue weighted by molar-refractivity contribution is -0.140. The molecule has 0 saturated carbocycles. The van der Waals surface area contributed by atoms with Crippen LogP contribution in [-0.4, -0.2) is 31.1 Å². The van der Waals surface area contributed by atoms with Crippen LogP contribution in [0, 0.1) is 13.8 Å². The third-order valence-electron chi connectivity index (χ3n) is 3.33. The van der Waals surface area contributed by atoms with Gasteiger partial charge < -0.3 is 15.4 Å². The molecule has 0 unspecified atom stereocenters.